The second-order valence-corrected chi connectivity index (χ2v) is 7.69. The third-order valence-electron chi connectivity index (χ3n) is 3.95. The lowest BCUT2D eigenvalue weighted by Crippen LogP contribution is -2.30. The van der Waals surface area contributed by atoms with Gasteiger partial charge in [0.1, 0.15) is 0 Å². The minimum atomic E-state index is -0.601. The number of amides is 1. The van der Waals surface area contributed by atoms with Gasteiger partial charge >= 0.3 is 5.97 Å². The molecule has 0 unspecified atom stereocenters. The molecular weight excluding hydrogens is 418 g/mol. The molecule has 0 saturated carbocycles. The molecule has 0 aliphatic carbocycles. The first-order chi connectivity index (χ1) is 13.9. The molecule has 1 N–H and O–H groups in total. The van der Waals surface area contributed by atoms with E-state index in [1.165, 1.54) is 0 Å². The van der Waals surface area contributed by atoms with E-state index >= 15 is 0 Å². The molecule has 0 spiro atoms. The van der Waals surface area contributed by atoms with Crippen molar-refractivity contribution in [3.8, 4) is 11.5 Å². The summed E-state index contributed by atoms with van der Waals surface area (Å²) in [7, 11) is 3.12. The van der Waals surface area contributed by atoms with Crippen LogP contribution in [0.1, 0.15) is 28.1 Å². The van der Waals surface area contributed by atoms with E-state index < -0.39 is 11.9 Å². The highest BCUT2D eigenvalue weighted by Gasteiger charge is 2.13. The van der Waals surface area contributed by atoms with Crippen LogP contribution in [0, 0.1) is 0 Å². The Hall–Kier alpha value is -2.58. The third-order valence-corrected chi connectivity index (χ3v) is 5.22. The lowest BCUT2D eigenvalue weighted by atomic mass is 10.1. The van der Waals surface area contributed by atoms with Crippen molar-refractivity contribution in [2.45, 2.75) is 19.3 Å². The highest BCUT2D eigenvalue weighted by Crippen LogP contribution is 2.27. The van der Waals surface area contributed by atoms with Crippen LogP contribution < -0.4 is 14.8 Å². The highest BCUT2D eigenvalue weighted by molar-refractivity contribution is 7.18. The van der Waals surface area contributed by atoms with Gasteiger partial charge in [0, 0.05) is 13.0 Å². The predicted octanol–water partition coefficient (Wildman–Crippen LogP) is 3.28. The Balaban J connectivity index is 1.65. The first kappa shape index (κ1) is 22.7. The number of halogens is 1. The molecule has 29 heavy (non-hydrogen) atoms. The second-order valence-electron chi connectivity index (χ2n) is 5.98. The van der Waals surface area contributed by atoms with Crippen LogP contribution in [0.15, 0.2) is 30.3 Å². The van der Waals surface area contributed by atoms with Gasteiger partial charge in [0.15, 0.2) is 23.9 Å². The molecule has 0 saturated heterocycles. The van der Waals surface area contributed by atoms with Gasteiger partial charge in [-0.05, 0) is 36.2 Å². The fourth-order valence-electron chi connectivity index (χ4n) is 2.45. The first-order valence-corrected chi connectivity index (χ1v) is 10.0. The third kappa shape index (κ3) is 7.40. The van der Waals surface area contributed by atoms with Crippen molar-refractivity contribution in [2.75, 3.05) is 27.4 Å². The maximum Gasteiger partial charge on any atom is 0.306 e. The number of hydrogen-bond acceptors (Lipinski definition) is 7. The summed E-state index contributed by atoms with van der Waals surface area (Å²) in [6, 6.07) is 8.76. The van der Waals surface area contributed by atoms with Gasteiger partial charge in [-0.15, -0.1) is 11.3 Å². The Labute approximate surface area is 177 Å². The molecule has 2 aromatic rings. The van der Waals surface area contributed by atoms with Crippen molar-refractivity contribution in [2.24, 2.45) is 0 Å². The van der Waals surface area contributed by atoms with E-state index in [1.54, 1.807) is 32.4 Å². The smallest absolute Gasteiger partial charge is 0.306 e. The molecule has 0 radical (unpaired) electrons. The average molecular weight is 440 g/mol. The maximum absolute atomic E-state index is 11.9. The quantitative estimate of drug-likeness (QED) is 0.426. The zero-order valence-corrected chi connectivity index (χ0v) is 17.7. The van der Waals surface area contributed by atoms with Crippen molar-refractivity contribution < 1.29 is 28.6 Å². The highest BCUT2D eigenvalue weighted by atomic mass is 35.5. The number of methoxy groups -OCH3 is 2. The minimum Gasteiger partial charge on any atom is -0.493 e. The Morgan fingerprint density at radius 3 is 2.45 bits per heavy atom. The number of carbonyl (C=O) groups excluding carboxylic acids is 3. The van der Waals surface area contributed by atoms with Crippen LogP contribution in [0.25, 0.3) is 0 Å². The Morgan fingerprint density at radius 2 is 1.79 bits per heavy atom. The zero-order valence-electron chi connectivity index (χ0n) is 16.2. The molecule has 7 nitrogen and oxygen atoms in total. The molecule has 1 aromatic heterocycles. The number of nitrogens with one attached hydrogen (secondary N) is 1. The SMILES string of the molecule is COc1ccc(CCNC(=O)COC(=O)CCC(=O)c2ccc(Cl)s2)cc1OC. The Bertz CT molecular complexity index is 866. The number of carbonyl (C=O) groups is 3. The molecular formula is C20H22ClNO6S. The standard InChI is InChI=1S/C20H22ClNO6S/c1-26-15-5-3-13(11-16(15)27-2)9-10-22-19(24)12-28-20(25)8-4-14(23)17-6-7-18(21)29-17/h3,5-7,11H,4,8-10,12H2,1-2H3,(H,22,24). The van der Waals surface area contributed by atoms with E-state index in [9.17, 15) is 14.4 Å². The topological polar surface area (TPSA) is 90.9 Å². The van der Waals surface area contributed by atoms with Gasteiger partial charge < -0.3 is 19.5 Å². The Kier molecular flexibility index (Phi) is 8.95. The van der Waals surface area contributed by atoms with Gasteiger partial charge in [-0.3, -0.25) is 14.4 Å². The monoisotopic (exact) mass is 439 g/mol. The second kappa shape index (κ2) is 11.4. The molecule has 1 aromatic carbocycles. The summed E-state index contributed by atoms with van der Waals surface area (Å²) < 4.78 is 15.8. The molecule has 0 bridgehead atoms. The summed E-state index contributed by atoms with van der Waals surface area (Å²) in [5, 5.41) is 2.68. The fourth-order valence-corrected chi connectivity index (χ4v) is 3.47. The van der Waals surface area contributed by atoms with Gasteiger partial charge in [0.05, 0.1) is 29.9 Å². The van der Waals surface area contributed by atoms with E-state index in [1.807, 2.05) is 12.1 Å². The van der Waals surface area contributed by atoms with Gasteiger partial charge in [-0.25, -0.2) is 0 Å². The Morgan fingerprint density at radius 1 is 1.03 bits per heavy atom. The fraction of sp³-hybridized carbons (Fsp3) is 0.350. The lowest BCUT2D eigenvalue weighted by molar-refractivity contribution is -0.148. The first-order valence-electron chi connectivity index (χ1n) is 8.84. The minimum absolute atomic E-state index is 0.0105. The largest absolute Gasteiger partial charge is 0.493 e. The van der Waals surface area contributed by atoms with Crippen LogP contribution in [0.2, 0.25) is 4.34 Å². The molecule has 0 atom stereocenters. The molecule has 156 valence electrons. The van der Waals surface area contributed by atoms with Crippen LogP contribution in [-0.2, 0) is 20.7 Å². The molecule has 1 heterocycles. The summed E-state index contributed by atoms with van der Waals surface area (Å²) in [4.78, 5) is 35.9. The van der Waals surface area contributed by atoms with E-state index in [2.05, 4.69) is 5.32 Å². The van der Waals surface area contributed by atoms with Gasteiger partial charge in [0.25, 0.3) is 5.91 Å². The summed E-state index contributed by atoms with van der Waals surface area (Å²) >= 11 is 6.94. The number of thiophene rings is 1. The normalized spacial score (nSPS) is 10.3. The predicted molar refractivity (Wildman–Crippen MR) is 110 cm³/mol. The van der Waals surface area contributed by atoms with Gasteiger partial charge in [-0.2, -0.15) is 0 Å². The van der Waals surface area contributed by atoms with E-state index in [0.717, 1.165) is 16.9 Å². The summed E-state index contributed by atoms with van der Waals surface area (Å²) in [5.74, 6) is 0.0573. The van der Waals surface area contributed by atoms with E-state index in [0.29, 0.717) is 33.7 Å². The summed E-state index contributed by atoms with van der Waals surface area (Å²) in [6.45, 7) is -0.00667. The molecule has 0 aliphatic heterocycles. The zero-order chi connectivity index (χ0) is 21.2. The number of ketones is 1. The van der Waals surface area contributed by atoms with Gasteiger partial charge in [0.2, 0.25) is 0 Å². The van der Waals surface area contributed by atoms with Crippen molar-refractivity contribution in [1.29, 1.82) is 0 Å². The number of esters is 1. The molecule has 0 fully saturated rings. The number of benzene rings is 1. The number of Topliss-reactive ketones (excluding diaryl/α,β-unsaturated/α-hetero) is 1. The molecule has 1 amide bonds. The van der Waals surface area contributed by atoms with Crippen molar-refractivity contribution >= 4 is 40.6 Å². The average Bonchev–Trinajstić information content (AvgIpc) is 3.16. The maximum atomic E-state index is 11.9. The summed E-state index contributed by atoms with van der Waals surface area (Å²) in [5.41, 5.74) is 0.965. The van der Waals surface area contributed by atoms with Crippen molar-refractivity contribution in [3.05, 3.63) is 45.1 Å². The molecule has 9 heteroatoms. The van der Waals surface area contributed by atoms with Crippen LogP contribution in [-0.4, -0.2) is 45.0 Å². The summed E-state index contributed by atoms with van der Waals surface area (Å²) in [6.07, 6.45) is 0.502. The number of rotatable bonds is 11. The lowest BCUT2D eigenvalue weighted by Gasteiger charge is -2.10. The van der Waals surface area contributed by atoms with Crippen LogP contribution in [0.5, 0.6) is 11.5 Å². The molecule has 2 rings (SSSR count). The van der Waals surface area contributed by atoms with Crippen LogP contribution in [0.4, 0.5) is 0 Å². The number of hydrogen-bond donors (Lipinski definition) is 1. The van der Waals surface area contributed by atoms with Crippen molar-refractivity contribution in [3.63, 3.8) is 0 Å². The van der Waals surface area contributed by atoms with Gasteiger partial charge in [-0.1, -0.05) is 17.7 Å². The van der Waals surface area contributed by atoms with Crippen molar-refractivity contribution in [1.82, 2.24) is 5.32 Å². The molecule has 0 aliphatic rings. The number of ether oxygens (including phenoxy) is 3. The van der Waals surface area contributed by atoms with Crippen LogP contribution >= 0.6 is 22.9 Å². The van der Waals surface area contributed by atoms with Crippen LogP contribution in [0.3, 0.4) is 0 Å². The van der Waals surface area contributed by atoms with E-state index in [-0.39, 0.29) is 25.2 Å². The van der Waals surface area contributed by atoms with E-state index in [4.69, 9.17) is 25.8 Å².